The summed E-state index contributed by atoms with van der Waals surface area (Å²) < 4.78 is 26.2. The monoisotopic (exact) mass is 322 g/mol. The van der Waals surface area contributed by atoms with Gasteiger partial charge in [0.15, 0.2) is 0 Å². The molecule has 0 saturated heterocycles. The van der Waals surface area contributed by atoms with Crippen molar-refractivity contribution in [2.75, 3.05) is 5.75 Å². The first-order chi connectivity index (χ1) is 10.3. The third kappa shape index (κ3) is 4.03. The van der Waals surface area contributed by atoms with E-state index in [2.05, 4.69) is 10.2 Å². The molecule has 2 atom stereocenters. The summed E-state index contributed by atoms with van der Waals surface area (Å²) in [6, 6.07) is 5.26. The van der Waals surface area contributed by atoms with Gasteiger partial charge in [-0.2, -0.15) is 5.10 Å². The van der Waals surface area contributed by atoms with Crippen LogP contribution < -0.4 is 0 Å². The first-order valence-corrected chi connectivity index (χ1v) is 8.78. The lowest BCUT2D eigenvalue weighted by atomic mass is 9.96. The molecule has 5 heteroatoms. The third-order valence-electron chi connectivity index (χ3n) is 3.78. The van der Waals surface area contributed by atoms with Crippen LogP contribution in [0.5, 0.6) is 0 Å². The number of hydrogen-bond acceptors (Lipinski definition) is 2. The van der Waals surface area contributed by atoms with E-state index in [1.807, 2.05) is 39.8 Å². The van der Waals surface area contributed by atoms with Crippen LogP contribution in [0, 0.1) is 5.82 Å². The lowest BCUT2D eigenvalue weighted by molar-refractivity contribution is 0.582. The highest BCUT2D eigenvalue weighted by molar-refractivity contribution is 7.86. The molecule has 0 saturated carbocycles. The molecule has 1 aromatic heterocycles. The van der Waals surface area contributed by atoms with Crippen LogP contribution in [0.3, 0.4) is 0 Å². The van der Waals surface area contributed by atoms with Gasteiger partial charge < -0.3 is 0 Å². The summed E-state index contributed by atoms with van der Waals surface area (Å²) >= 11 is 0. The summed E-state index contributed by atoms with van der Waals surface area (Å²) in [6.07, 6.45) is 4.13. The zero-order chi connectivity index (χ0) is 16.3. The predicted molar refractivity (Wildman–Crippen MR) is 89.8 cm³/mol. The van der Waals surface area contributed by atoms with Crippen molar-refractivity contribution in [1.82, 2.24) is 10.2 Å². The number of halogens is 1. The fraction of sp³-hybridized carbons (Fsp3) is 0.471. The fourth-order valence-electron chi connectivity index (χ4n) is 2.26. The number of nitrogens with zero attached hydrogens (tertiary/aromatic N) is 1. The number of H-pyrrole nitrogens is 1. The number of aromatic amines is 1. The van der Waals surface area contributed by atoms with E-state index in [0.29, 0.717) is 17.7 Å². The number of aromatic nitrogens is 2. The molecule has 0 aliphatic heterocycles. The van der Waals surface area contributed by atoms with Gasteiger partial charge in [0.1, 0.15) is 5.82 Å². The Balaban J connectivity index is 2.07. The Morgan fingerprint density at radius 2 is 2.05 bits per heavy atom. The number of benzene rings is 1. The summed E-state index contributed by atoms with van der Waals surface area (Å²) in [5.41, 5.74) is 2.35. The molecule has 3 nitrogen and oxygen atoms in total. The minimum atomic E-state index is -0.902. The normalized spacial score (nSPS) is 14.8. The van der Waals surface area contributed by atoms with Crippen LogP contribution in [-0.4, -0.2) is 24.9 Å². The molecular weight excluding hydrogens is 299 g/mol. The number of hydrogen-bond donors (Lipinski definition) is 1. The van der Waals surface area contributed by atoms with Gasteiger partial charge in [-0.3, -0.25) is 9.31 Å². The van der Waals surface area contributed by atoms with Crippen LogP contribution in [0.1, 0.15) is 45.6 Å². The quantitative estimate of drug-likeness (QED) is 0.894. The van der Waals surface area contributed by atoms with Gasteiger partial charge in [0.25, 0.3) is 0 Å². The maximum absolute atomic E-state index is 14.3. The van der Waals surface area contributed by atoms with Crippen molar-refractivity contribution in [2.45, 2.75) is 44.8 Å². The summed E-state index contributed by atoms with van der Waals surface area (Å²) in [5.74, 6) is 0.422. The maximum atomic E-state index is 14.3. The van der Waals surface area contributed by atoms with E-state index in [1.165, 1.54) is 6.07 Å². The van der Waals surface area contributed by atoms with Gasteiger partial charge in [-0.25, -0.2) is 4.39 Å². The molecule has 0 amide bonds. The van der Waals surface area contributed by atoms with Crippen LogP contribution in [0.25, 0.3) is 11.1 Å². The minimum absolute atomic E-state index is 0.0460. The lowest BCUT2D eigenvalue weighted by Crippen LogP contribution is -2.24. The summed E-state index contributed by atoms with van der Waals surface area (Å²) in [5, 5.41) is 6.60. The van der Waals surface area contributed by atoms with E-state index in [1.54, 1.807) is 12.4 Å². The largest absolute Gasteiger partial charge is 0.285 e. The fourth-order valence-corrected chi connectivity index (χ4v) is 3.44. The predicted octanol–water partition coefficient (Wildman–Crippen LogP) is 4.26. The highest BCUT2D eigenvalue weighted by Gasteiger charge is 2.21. The smallest absolute Gasteiger partial charge is 0.127 e. The summed E-state index contributed by atoms with van der Waals surface area (Å²) in [4.78, 5) is 0. The van der Waals surface area contributed by atoms with Crippen molar-refractivity contribution >= 4 is 10.8 Å². The highest BCUT2D eigenvalue weighted by atomic mass is 32.2. The summed E-state index contributed by atoms with van der Waals surface area (Å²) in [6.45, 7) is 7.88. The molecule has 1 heterocycles. The first kappa shape index (κ1) is 16.9. The van der Waals surface area contributed by atoms with E-state index < -0.39 is 10.8 Å². The van der Waals surface area contributed by atoms with Crippen molar-refractivity contribution in [3.05, 3.63) is 42.0 Å². The zero-order valence-corrected chi connectivity index (χ0v) is 14.3. The molecule has 0 spiro atoms. The van der Waals surface area contributed by atoms with Gasteiger partial charge in [0.05, 0.1) is 6.20 Å². The van der Waals surface area contributed by atoms with Crippen LogP contribution >= 0.6 is 0 Å². The Labute approximate surface area is 133 Å². The standard InChI is InChI=1S/C17H23FN2OS/c1-12(7-8-22(21)17(2,3)4)15-6-5-13(9-16(15)18)14-10-19-20-11-14/h5-6,9-12H,7-8H2,1-4H3,(H,19,20)/t12-,22-/m1/s1. The second-order valence-electron chi connectivity index (χ2n) is 6.58. The Morgan fingerprint density at radius 1 is 1.32 bits per heavy atom. The highest BCUT2D eigenvalue weighted by Crippen LogP contribution is 2.27. The average Bonchev–Trinajstić information content (AvgIpc) is 2.97. The molecule has 120 valence electrons. The SMILES string of the molecule is C[C@H](CC[S@@](=O)C(C)(C)C)c1ccc(-c2cn[nH]c2)cc1F. The van der Waals surface area contributed by atoms with Crippen LogP contribution in [0.4, 0.5) is 4.39 Å². The van der Waals surface area contributed by atoms with Gasteiger partial charge in [-0.15, -0.1) is 0 Å². The molecule has 1 aromatic carbocycles. The first-order valence-electron chi connectivity index (χ1n) is 7.46. The molecular formula is C17H23FN2OS. The van der Waals surface area contributed by atoms with E-state index in [4.69, 9.17) is 0 Å². The van der Waals surface area contributed by atoms with Crippen molar-refractivity contribution < 1.29 is 8.60 Å². The van der Waals surface area contributed by atoms with Crippen molar-refractivity contribution in [3.8, 4) is 11.1 Å². The zero-order valence-electron chi connectivity index (χ0n) is 13.5. The van der Waals surface area contributed by atoms with E-state index in [0.717, 1.165) is 11.1 Å². The second-order valence-corrected chi connectivity index (χ2v) is 8.90. The van der Waals surface area contributed by atoms with Crippen LogP contribution in [-0.2, 0) is 10.8 Å². The Morgan fingerprint density at radius 3 is 2.59 bits per heavy atom. The molecule has 0 aliphatic carbocycles. The van der Waals surface area contributed by atoms with E-state index in [9.17, 15) is 8.60 Å². The molecule has 0 fully saturated rings. The third-order valence-corrected chi connectivity index (χ3v) is 5.75. The molecule has 2 rings (SSSR count). The van der Waals surface area contributed by atoms with Crippen molar-refractivity contribution in [3.63, 3.8) is 0 Å². The Bertz CT molecular complexity index is 647. The molecule has 2 aromatic rings. The molecule has 0 unspecified atom stereocenters. The molecule has 1 N–H and O–H groups in total. The number of rotatable bonds is 5. The Kier molecular flexibility index (Phi) is 5.16. The molecule has 0 radical (unpaired) electrons. The topological polar surface area (TPSA) is 45.8 Å². The summed E-state index contributed by atoms with van der Waals surface area (Å²) in [7, 11) is -0.902. The van der Waals surface area contributed by atoms with Gasteiger partial charge in [-0.05, 0) is 50.3 Å². The van der Waals surface area contributed by atoms with E-state index >= 15 is 0 Å². The Hall–Kier alpha value is -1.49. The minimum Gasteiger partial charge on any atom is -0.285 e. The average molecular weight is 322 g/mol. The van der Waals surface area contributed by atoms with Gasteiger partial charge in [0.2, 0.25) is 0 Å². The van der Waals surface area contributed by atoms with Crippen LogP contribution in [0.15, 0.2) is 30.6 Å². The maximum Gasteiger partial charge on any atom is 0.127 e. The van der Waals surface area contributed by atoms with Crippen LogP contribution in [0.2, 0.25) is 0 Å². The van der Waals surface area contributed by atoms with Gasteiger partial charge in [0, 0.05) is 33.1 Å². The van der Waals surface area contributed by atoms with Crippen molar-refractivity contribution in [2.24, 2.45) is 0 Å². The molecule has 0 aliphatic rings. The number of nitrogens with one attached hydrogen (secondary N) is 1. The van der Waals surface area contributed by atoms with Gasteiger partial charge in [-0.1, -0.05) is 19.1 Å². The molecule has 0 bridgehead atoms. The van der Waals surface area contributed by atoms with Gasteiger partial charge >= 0.3 is 0 Å². The van der Waals surface area contributed by atoms with E-state index in [-0.39, 0.29) is 16.5 Å². The van der Waals surface area contributed by atoms with Crippen molar-refractivity contribution in [1.29, 1.82) is 0 Å². The molecule has 22 heavy (non-hydrogen) atoms. The lowest BCUT2D eigenvalue weighted by Gasteiger charge is -2.20. The second kappa shape index (κ2) is 6.73.